The Kier molecular flexibility index (Phi) is 5.53. The van der Waals surface area contributed by atoms with E-state index in [1.54, 1.807) is 0 Å². The summed E-state index contributed by atoms with van der Waals surface area (Å²) in [6.07, 6.45) is 4.43. The van der Waals surface area contributed by atoms with Crippen molar-refractivity contribution >= 4 is 11.0 Å². The van der Waals surface area contributed by atoms with Crippen LogP contribution in [0, 0.1) is 0 Å². The lowest BCUT2D eigenvalue weighted by Gasteiger charge is -2.35. The SMILES string of the molecule is CC1CN(Cc2ccc(CNCc3ccnc4[nH]ccc34)cc2)CC(C)O1. The van der Waals surface area contributed by atoms with Crippen molar-refractivity contribution in [1.82, 2.24) is 20.2 Å². The lowest BCUT2D eigenvalue weighted by atomic mass is 10.1. The highest BCUT2D eigenvalue weighted by atomic mass is 16.5. The molecule has 3 aromatic rings. The van der Waals surface area contributed by atoms with Gasteiger partial charge in [0.2, 0.25) is 0 Å². The Balaban J connectivity index is 1.30. The predicted octanol–water partition coefficient (Wildman–Crippen LogP) is 3.46. The van der Waals surface area contributed by atoms with Crippen LogP contribution in [0.1, 0.15) is 30.5 Å². The Hall–Kier alpha value is -2.21. The Labute approximate surface area is 160 Å². The average molecular weight is 364 g/mol. The topological polar surface area (TPSA) is 53.2 Å². The molecule has 1 aliphatic heterocycles. The lowest BCUT2D eigenvalue weighted by Crippen LogP contribution is -2.44. The number of hydrogen-bond acceptors (Lipinski definition) is 4. The summed E-state index contributed by atoms with van der Waals surface area (Å²) in [4.78, 5) is 9.99. The lowest BCUT2D eigenvalue weighted by molar-refractivity contribution is -0.0704. The summed E-state index contributed by atoms with van der Waals surface area (Å²) in [5.74, 6) is 0. The van der Waals surface area contributed by atoms with Crippen molar-refractivity contribution in [3.05, 3.63) is 65.5 Å². The quantitative estimate of drug-likeness (QED) is 0.703. The van der Waals surface area contributed by atoms with Gasteiger partial charge < -0.3 is 15.0 Å². The molecule has 1 saturated heterocycles. The molecule has 2 unspecified atom stereocenters. The average Bonchev–Trinajstić information content (AvgIpc) is 3.12. The number of aromatic amines is 1. The number of ether oxygens (including phenoxy) is 1. The molecule has 0 radical (unpaired) electrons. The van der Waals surface area contributed by atoms with Crippen LogP contribution in [0.15, 0.2) is 48.8 Å². The zero-order valence-corrected chi connectivity index (χ0v) is 16.1. The van der Waals surface area contributed by atoms with Crippen molar-refractivity contribution in [2.24, 2.45) is 0 Å². The molecule has 4 rings (SSSR count). The van der Waals surface area contributed by atoms with Crippen molar-refractivity contribution in [2.45, 2.75) is 45.7 Å². The van der Waals surface area contributed by atoms with E-state index in [2.05, 4.69) is 70.4 Å². The van der Waals surface area contributed by atoms with Gasteiger partial charge in [-0.05, 0) is 42.7 Å². The largest absolute Gasteiger partial charge is 0.373 e. The van der Waals surface area contributed by atoms with Gasteiger partial charge in [-0.2, -0.15) is 0 Å². The normalized spacial score (nSPS) is 21.0. The summed E-state index contributed by atoms with van der Waals surface area (Å²) < 4.78 is 5.82. The first-order chi connectivity index (χ1) is 13.2. The molecular weight excluding hydrogens is 336 g/mol. The van der Waals surface area contributed by atoms with Crippen molar-refractivity contribution in [2.75, 3.05) is 13.1 Å². The van der Waals surface area contributed by atoms with Crippen molar-refractivity contribution in [3.8, 4) is 0 Å². The Morgan fingerprint density at radius 3 is 2.56 bits per heavy atom. The van der Waals surface area contributed by atoms with Crippen LogP contribution in [-0.2, 0) is 24.4 Å². The zero-order chi connectivity index (χ0) is 18.6. The molecule has 0 spiro atoms. The highest BCUT2D eigenvalue weighted by molar-refractivity contribution is 5.79. The number of rotatable bonds is 6. The van der Waals surface area contributed by atoms with Gasteiger partial charge in [0, 0.05) is 50.5 Å². The summed E-state index contributed by atoms with van der Waals surface area (Å²) in [6, 6.07) is 13.1. The number of H-pyrrole nitrogens is 1. The van der Waals surface area contributed by atoms with E-state index in [0.29, 0.717) is 12.2 Å². The maximum atomic E-state index is 5.82. The van der Waals surface area contributed by atoms with Gasteiger partial charge in [0.1, 0.15) is 5.65 Å². The second kappa shape index (κ2) is 8.21. The maximum Gasteiger partial charge on any atom is 0.137 e. The minimum atomic E-state index is 0.317. The second-order valence-electron chi connectivity index (χ2n) is 7.58. The smallest absolute Gasteiger partial charge is 0.137 e. The fraction of sp³-hybridized carbons (Fsp3) is 0.409. The summed E-state index contributed by atoms with van der Waals surface area (Å²) in [5, 5.41) is 4.73. The molecule has 3 heterocycles. The Morgan fingerprint density at radius 2 is 1.78 bits per heavy atom. The van der Waals surface area contributed by atoms with Gasteiger partial charge in [0.05, 0.1) is 12.2 Å². The van der Waals surface area contributed by atoms with Crippen LogP contribution in [0.5, 0.6) is 0 Å². The van der Waals surface area contributed by atoms with Crippen LogP contribution in [-0.4, -0.2) is 40.2 Å². The predicted molar refractivity (Wildman–Crippen MR) is 108 cm³/mol. The summed E-state index contributed by atoms with van der Waals surface area (Å²) in [5.41, 5.74) is 4.89. The highest BCUT2D eigenvalue weighted by Gasteiger charge is 2.21. The van der Waals surface area contributed by atoms with Gasteiger partial charge in [-0.1, -0.05) is 24.3 Å². The third-order valence-electron chi connectivity index (χ3n) is 5.12. The number of pyridine rings is 1. The Bertz CT molecular complexity index is 863. The number of benzene rings is 1. The molecule has 27 heavy (non-hydrogen) atoms. The van der Waals surface area contributed by atoms with Gasteiger partial charge in [0.25, 0.3) is 0 Å². The van der Waals surface area contributed by atoms with Crippen LogP contribution < -0.4 is 5.32 Å². The summed E-state index contributed by atoms with van der Waals surface area (Å²) in [6.45, 7) is 9.01. The van der Waals surface area contributed by atoms with E-state index >= 15 is 0 Å². The molecule has 0 bridgehead atoms. The van der Waals surface area contributed by atoms with Crippen LogP contribution in [0.4, 0.5) is 0 Å². The third-order valence-corrected chi connectivity index (χ3v) is 5.12. The molecule has 2 N–H and O–H groups in total. The molecule has 1 aliphatic rings. The van der Waals surface area contributed by atoms with Crippen molar-refractivity contribution < 1.29 is 4.74 Å². The standard InChI is InChI=1S/C22H28N4O/c1-16-13-26(14-17(2)27-16)15-19-5-3-18(4-6-19)11-23-12-20-7-9-24-22-21(20)8-10-25-22/h3-10,16-17,23H,11-15H2,1-2H3,(H,24,25). The van der Waals surface area contributed by atoms with Crippen molar-refractivity contribution in [1.29, 1.82) is 0 Å². The molecule has 142 valence electrons. The number of aromatic nitrogens is 2. The molecule has 5 heteroatoms. The fourth-order valence-electron chi connectivity index (χ4n) is 3.95. The van der Waals surface area contributed by atoms with E-state index < -0.39 is 0 Å². The van der Waals surface area contributed by atoms with Gasteiger partial charge in [-0.3, -0.25) is 4.90 Å². The first-order valence-corrected chi connectivity index (χ1v) is 9.74. The minimum absolute atomic E-state index is 0.317. The molecule has 1 fully saturated rings. The van der Waals surface area contributed by atoms with Crippen LogP contribution in [0.2, 0.25) is 0 Å². The number of nitrogens with zero attached hydrogens (tertiary/aromatic N) is 2. The zero-order valence-electron chi connectivity index (χ0n) is 16.1. The molecule has 0 saturated carbocycles. The Morgan fingerprint density at radius 1 is 1.04 bits per heavy atom. The second-order valence-corrected chi connectivity index (χ2v) is 7.58. The number of hydrogen-bond donors (Lipinski definition) is 2. The van der Waals surface area contributed by atoms with E-state index in [9.17, 15) is 0 Å². The molecule has 1 aromatic carbocycles. The van der Waals surface area contributed by atoms with Gasteiger partial charge >= 0.3 is 0 Å². The summed E-state index contributed by atoms with van der Waals surface area (Å²) in [7, 11) is 0. The van der Waals surface area contributed by atoms with E-state index in [4.69, 9.17) is 4.74 Å². The van der Waals surface area contributed by atoms with E-state index in [1.165, 1.54) is 22.1 Å². The fourth-order valence-corrected chi connectivity index (χ4v) is 3.95. The van der Waals surface area contributed by atoms with E-state index in [-0.39, 0.29) is 0 Å². The summed E-state index contributed by atoms with van der Waals surface area (Å²) >= 11 is 0. The van der Waals surface area contributed by atoms with Gasteiger partial charge in [0.15, 0.2) is 0 Å². The molecule has 0 amide bonds. The van der Waals surface area contributed by atoms with Crippen LogP contribution in [0.3, 0.4) is 0 Å². The number of morpholine rings is 1. The van der Waals surface area contributed by atoms with Gasteiger partial charge in [-0.15, -0.1) is 0 Å². The molecular formula is C22H28N4O. The number of nitrogens with one attached hydrogen (secondary N) is 2. The first-order valence-electron chi connectivity index (χ1n) is 9.74. The van der Waals surface area contributed by atoms with E-state index in [0.717, 1.165) is 38.4 Å². The third kappa shape index (κ3) is 4.56. The monoisotopic (exact) mass is 364 g/mol. The maximum absolute atomic E-state index is 5.82. The molecule has 2 aromatic heterocycles. The number of fused-ring (bicyclic) bond motifs is 1. The first kappa shape index (κ1) is 18.2. The van der Waals surface area contributed by atoms with Crippen LogP contribution >= 0.6 is 0 Å². The van der Waals surface area contributed by atoms with Crippen molar-refractivity contribution in [3.63, 3.8) is 0 Å². The highest BCUT2D eigenvalue weighted by Crippen LogP contribution is 2.16. The molecule has 2 atom stereocenters. The molecule has 0 aliphatic carbocycles. The van der Waals surface area contributed by atoms with Crippen LogP contribution in [0.25, 0.3) is 11.0 Å². The molecule has 5 nitrogen and oxygen atoms in total. The van der Waals surface area contributed by atoms with E-state index in [1.807, 2.05) is 12.4 Å². The van der Waals surface area contributed by atoms with Gasteiger partial charge in [-0.25, -0.2) is 4.98 Å². The minimum Gasteiger partial charge on any atom is -0.373 e.